The van der Waals surface area contributed by atoms with E-state index in [9.17, 15) is 9.18 Å². The van der Waals surface area contributed by atoms with Gasteiger partial charge in [0.25, 0.3) is 0 Å². The summed E-state index contributed by atoms with van der Waals surface area (Å²) < 4.78 is 14.3. The summed E-state index contributed by atoms with van der Waals surface area (Å²) >= 11 is 0. The number of amides is 1. The van der Waals surface area contributed by atoms with E-state index in [1.165, 1.54) is 6.07 Å². The Morgan fingerprint density at radius 1 is 1.00 bits per heavy atom. The number of hydrogen-bond donors (Lipinski definition) is 1. The van der Waals surface area contributed by atoms with Gasteiger partial charge >= 0.3 is 0 Å². The van der Waals surface area contributed by atoms with Crippen molar-refractivity contribution in [2.24, 2.45) is 11.7 Å². The lowest BCUT2D eigenvalue weighted by Gasteiger charge is -2.21. The molecule has 0 radical (unpaired) electrons. The second-order valence-corrected chi connectivity index (χ2v) is 7.53. The van der Waals surface area contributed by atoms with E-state index in [-0.39, 0.29) is 29.6 Å². The molecule has 4 rings (SSSR count). The topological polar surface area (TPSA) is 46.3 Å². The summed E-state index contributed by atoms with van der Waals surface area (Å²) in [5, 5.41) is 0. The summed E-state index contributed by atoms with van der Waals surface area (Å²) in [5.41, 5.74) is 8.64. The molecule has 0 spiro atoms. The molecule has 1 heterocycles. The van der Waals surface area contributed by atoms with Crippen molar-refractivity contribution in [1.29, 1.82) is 0 Å². The average molecular weight is 352 g/mol. The van der Waals surface area contributed by atoms with E-state index in [0.717, 1.165) is 49.9 Å². The SMILES string of the molecule is NC1CCCN(C(=O)C2CC2c2ccccc2-c2ccccc2F)CC1. The van der Waals surface area contributed by atoms with Gasteiger partial charge in [-0.2, -0.15) is 0 Å². The van der Waals surface area contributed by atoms with Gasteiger partial charge in [0, 0.05) is 30.6 Å². The monoisotopic (exact) mass is 352 g/mol. The molecular formula is C22H25FN2O. The zero-order valence-corrected chi connectivity index (χ0v) is 14.9. The number of benzene rings is 2. The number of carbonyl (C=O) groups is 1. The van der Waals surface area contributed by atoms with E-state index in [0.29, 0.717) is 5.56 Å². The lowest BCUT2D eigenvalue weighted by molar-refractivity contribution is -0.132. The largest absolute Gasteiger partial charge is 0.342 e. The van der Waals surface area contributed by atoms with Gasteiger partial charge in [0.05, 0.1) is 0 Å². The van der Waals surface area contributed by atoms with Gasteiger partial charge in [-0.05, 0) is 48.8 Å². The molecule has 3 unspecified atom stereocenters. The first-order valence-electron chi connectivity index (χ1n) is 9.53. The number of nitrogens with two attached hydrogens (primary N) is 1. The molecule has 4 heteroatoms. The van der Waals surface area contributed by atoms with E-state index in [4.69, 9.17) is 5.73 Å². The molecular weight excluding hydrogens is 327 g/mol. The third kappa shape index (κ3) is 3.38. The lowest BCUT2D eigenvalue weighted by Crippen LogP contribution is -2.34. The second kappa shape index (κ2) is 7.20. The Balaban J connectivity index is 1.54. The molecule has 1 saturated heterocycles. The summed E-state index contributed by atoms with van der Waals surface area (Å²) in [6, 6.07) is 15.0. The normalized spacial score (nSPS) is 25.6. The van der Waals surface area contributed by atoms with Crippen LogP contribution in [-0.2, 0) is 4.79 Å². The van der Waals surface area contributed by atoms with Crippen LogP contribution >= 0.6 is 0 Å². The predicted molar refractivity (Wildman–Crippen MR) is 101 cm³/mol. The maximum Gasteiger partial charge on any atom is 0.226 e. The van der Waals surface area contributed by atoms with Crippen LogP contribution in [0.5, 0.6) is 0 Å². The van der Waals surface area contributed by atoms with E-state index >= 15 is 0 Å². The van der Waals surface area contributed by atoms with Crippen molar-refractivity contribution in [3.05, 3.63) is 59.9 Å². The molecule has 1 aliphatic heterocycles. The summed E-state index contributed by atoms with van der Waals surface area (Å²) in [6.07, 6.45) is 3.71. The number of likely N-dealkylation sites (tertiary alicyclic amines) is 1. The molecule has 2 aromatic carbocycles. The fraction of sp³-hybridized carbons (Fsp3) is 0.409. The maximum atomic E-state index is 14.3. The van der Waals surface area contributed by atoms with Gasteiger partial charge in [0.1, 0.15) is 5.82 Å². The zero-order valence-electron chi connectivity index (χ0n) is 14.9. The summed E-state index contributed by atoms with van der Waals surface area (Å²) in [5.74, 6) is 0.241. The standard InChI is InChI=1S/C22H25FN2O/c23-21-10-4-3-9-18(21)16-7-1-2-8-17(16)19-14-20(19)22(26)25-12-5-6-15(24)11-13-25/h1-4,7-10,15,19-20H,5-6,11-14,24H2. The highest BCUT2D eigenvalue weighted by Crippen LogP contribution is 2.51. The van der Waals surface area contributed by atoms with E-state index in [2.05, 4.69) is 0 Å². The number of nitrogens with zero attached hydrogens (tertiary/aromatic N) is 1. The minimum absolute atomic E-state index is 0.0252. The van der Waals surface area contributed by atoms with Gasteiger partial charge in [0.2, 0.25) is 5.91 Å². The van der Waals surface area contributed by atoms with Gasteiger partial charge in [-0.1, -0.05) is 42.5 Å². The Morgan fingerprint density at radius 3 is 2.54 bits per heavy atom. The minimum atomic E-state index is -0.218. The molecule has 0 aromatic heterocycles. The maximum absolute atomic E-state index is 14.3. The molecule has 2 aliphatic rings. The Bertz CT molecular complexity index is 806. The van der Waals surface area contributed by atoms with Crippen LogP contribution in [0.1, 0.15) is 37.2 Å². The number of halogens is 1. The van der Waals surface area contributed by atoms with Crippen molar-refractivity contribution in [1.82, 2.24) is 4.90 Å². The third-order valence-corrected chi connectivity index (χ3v) is 5.72. The summed E-state index contributed by atoms with van der Waals surface area (Å²) in [7, 11) is 0. The van der Waals surface area contributed by atoms with E-state index in [1.54, 1.807) is 6.07 Å². The highest BCUT2D eigenvalue weighted by molar-refractivity contribution is 5.84. The Labute approximate surface area is 154 Å². The fourth-order valence-corrected chi connectivity index (χ4v) is 4.13. The summed E-state index contributed by atoms with van der Waals surface area (Å²) in [6.45, 7) is 1.57. The smallest absolute Gasteiger partial charge is 0.226 e. The van der Waals surface area contributed by atoms with Crippen LogP contribution in [0.25, 0.3) is 11.1 Å². The van der Waals surface area contributed by atoms with Gasteiger partial charge in [-0.25, -0.2) is 4.39 Å². The second-order valence-electron chi connectivity index (χ2n) is 7.53. The molecule has 0 bridgehead atoms. The molecule has 136 valence electrons. The first-order valence-corrected chi connectivity index (χ1v) is 9.53. The van der Waals surface area contributed by atoms with Crippen molar-refractivity contribution in [2.45, 2.75) is 37.6 Å². The Kier molecular flexibility index (Phi) is 4.77. The molecule has 1 amide bonds. The van der Waals surface area contributed by atoms with E-state index in [1.807, 2.05) is 41.3 Å². The number of carbonyl (C=O) groups excluding carboxylic acids is 1. The van der Waals surface area contributed by atoms with Crippen LogP contribution in [0.4, 0.5) is 4.39 Å². The lowest BCUT2D eigenvalue weighted by atomic mass is 9.95. The number of hydrogen-bond acceptors (Lipinski definition) is 2. The molecule has 26 heavy (non-hydrogen) atoms. The van der Waals surface area contributed by atoms with E-state index < -0.39 is 0 Å². The van der Waals surface area contributed by atoms with Gasteiger partial charge < -0.3 is 10.6 Å². The highest BCUT2D eigenvalue weighted by atomic mass is 19.1. The van der Waals surface area contributed by atoms with Crippen molar-refractivity contribution >= 4 is 5.91 Å². The summed E-state index contributed by atoms with van der Waals surface area (Å²) in [4.78, 5) is 14.9. The quantitative estimate of drug-likeness (QED) is 0.909. The van der Waals surface area contributed by atoms with Crippen molar-refractivity contribution < 1.29 is 9.18 Å². The molecule has 3 nitrogen and oxygen atoms in total. The van der Waals surface area contributed by atoms with Gasteiger partial charge in [-0.15, -0.1) is 0 Å². The highest BCUT2D eigenvalue weighted by Gasteiger charge is 2.46. The molecule has 1 saturated carbocycles. The molecule has 2 aromatic rings. The Morgan fingerprint density at radius 2 is 1.73 bits per heavy atom. The van der Waals surface area contributed by atoms with Gasteiger partial charge in [0.15, 0.2) is 0 Å². The molecule has 2 fully saturated rings. The van der Waals surface area contributed by atoms with Gasteiger partial charge in [-0.3, -0.25) is 4.79 Å². The molecule has 1 aliphatic carbocycles. The molecule has 2 N–H and O–H groups in total. The first-order chi connectivity index (χ1) is 12.6. The van der Waals surface area contributed by atoms with Crippen LogP contribution < -0.4 is 5.73 Å². The first kappa shape index (κ1) is 17.2. The van der Waals surface area contributed by atoms with Crippen LogP contribution in [0.15, 0.2) is 48.5 Å². The predicted octanol–water partition coefficient (Wildman–Crippen LogP) is 3.94. The third-order valence-electron chi connectivity index (χ3n) is 5.72. The van der Waals surface area contributed by atoms with Crippen molar-refractivity contribution in [3.8, 4) is 11.1 Å². The molecule has 3 atom stereocenters. The zero-order chi connectivity index (χ0) is 18.1. The van der Waals surface area contributed by atoms with Crippen LogP contribution in [0.3, 0.4) is 0 Å². The number of rotatable bonds is 3. The van der Waals surface area contributed by atoms with Crippen LogP contribution in [0.2, 0.25) is 0 Å². The average Bonchev–Trinajstić information content (AvgIpc) is 3.46. The Hall–Kier alpha value is -2.20. The van der Waals surface area contributed by atoms with Crippen molar-refractivity contribution in [2.75, 3.05) is 13.1 Å². The van der Waals surface area contributed by atoms with Crippen molar-refractivity contribution in [3.63, 3.8) is 0 Å². The van der Waals surface area contributed by atoms with Crippen LogP contribution in [0, 0.1) is 11.7 Å². The van der Waals surface area contributed by atoms with Crippen LogP contribution in [-0.4, -0.2) is 29.9 Å². The minimum Gasteiger partial charge on any atom is -0.342 e. The fourth-order valence-electron chi connectivity index (χ4n) is 4.13.